The second-order valence-corrected chi connectivity index (χ2v) is 9.03. The van der Waals surface area contributed by atoms with Crippen molar-refractivity contribution in [2.45, 2.75) is 44.2 Å². The first-order valence-corrected chi connectivity index (χ1v) is 10.7. The highest BCUT2D eigenvalue weighted by Crippen LogP contribution is 2.28. The second kappa shape index (κ2) is 7.93. The van der Waals surface area contributed by atoms with Gasteiger partial charge in [0.2, 0.25) is 11.8 Å². The Bertz CT molecular complexity index is 1040. The third kappa shape index (κ3) is 3.91. The molecule has 1 aliphatic heterocycles. The molecular formula is C20H21ClN2O4S. The minimum absolute atomic E-state index is 0.00819. The van der Waals surface area contributed by atoms with E-state index in [0.717, 1.165) is 15.4 Å². The molecule has 28 heavy (non-hydrogen) atoms. The van der Waals surface area contributed by atoms with Gasteiger partial charge in [-0.1, -0.05) is 35.9 Å². The van der Waals surface area contributed by atoms with Gasteiger partial charge in [-0.3, -0.25) is 9.59 Å². The molecule has 148 valence electrons. The van der Waals surface area contributed by atoms with E-state index in [1.807, 2.05) is 6.92 Å². The molecule has 0 aliphatic carbocycles. The summed E-state index contributed by atoms with van der Waals surface area (Å²) in [7, 11) is -4.12. The molecular weight excluding hydrogens is 400 g/mol. The summed E-state index contributed by atoms with van der Waals surface area (Å²) in [5.74, 6) is -1.09. The Balaban J connectivity index is 1.83. The van der Waals surface area contributed by atoms with Crippen LogP contribution in [0, 0.1) is 13.8 Å². The van der Waals surface area contributed by atoms with Gasteiger partial charge in [-0.25, -0.2) is 12.7 Å². The number of hydrogen-bond donors (Lipinski definition) is 1. The lowest BCUT2D eigenvalue weighted by molar-refractivity contribution is -0.130. The molecule has 6 nitrogen and oxygen atoms in total. The molecule has 2 aromatic rings. The number of nitrogens with zero attached hydrogens (tertiary/aromatic N) is 1. The lowest BCUT2D eigenvalue weighted by atomic mass is 10.1. The lowest BCUT2D eigenvalue weighted by Crippen LogP contribution is -2.47. The molecule has 1 atom stereocenters. The van der Waals surface area contributed by atoms with Gasteiger partial charge >= 0.3 is 0 Å². The van der Waals surface area contributed by atoms with Crippen LogP contribution in [0.1, 0.15) is 29.5 Å². The van der Waals surface area contributed by atoms with Crippen molar-refractivity contribution in [2.24, 2.45) is 0 Å². The maximum atomic E-state index is 13.1. The first-order valence-electron chi connectivity index (χ1n) is 8.87. The van der Waals surface area contributed by atoms with E-state index in [4.69, 9.17) is 11.6 Å². The molecule has 3 rings (SSSR count). The van der Waals surface area contributed by atoms with Crippen LogP contribution in [0.15, 0.2) is 47.4 Å². The van der Waals surface area contributed by atoms with Gasteiger partial charge in [-0.2, -0.15) is 0 Å². The Morgan fingerprint density at radius 3 is 2.57 bits per heavy atom. The van der Waals surface area contributed by atoms with Crippen molar-refractivity contribution in [3.05, 3.63) is 64.2 Å². The number of halogens is 1. The number of hydrogen-bond acceptors (Lipinski definition) is 4. The van der Waals surface area contributed by atoms with Crippen LogP contribution < -0.4 is 5.32 Å². The summed E-state index contributed by atoms with van der Waals surface area (Å²) in [6.45, 7) is 3.83. The number of benzene rings is 2. The van der Waals surface area contributed by atoms with Crippen molar-refractivity contribution in [1.82, 2.24) is 9.62 Å². The molecule has 0 spiro atoms. The van der Waals surface area contributed by atoms with Gasteiger partial charge in [0.15, 0.2) is 0 Å². The van der Waals surface area contributed by atoms with Crippen LogP contribution in [0.2, 0.25) is 5.02 Å². The van der Waals surface area contributed by atoms with Gasteiger partial charge in [-0.05, 0) is 55.2 Å². The fourth-order valence-electron chi connectivity index (χ4n) is 3.13. The maximum absolute atomic E-state index is 13.1. The van der Waals surface area contributed by atoms with E-state index in [1.54, 1.807) is 37.3 Å². The van der Waals surface area contributed by atoms with Gasteiger partial charge in [0.25, 0.3) is 10.0 Å². The molecule has 1 saturated heterocycles. The van der Waals surface area contributed by atoms with Crippen molar-refractivity contribution in [2.75, 3.05) is 0 Å². The van der Waals surface area contributed by atoms with Crippen molar-refractivity contribution in [3.63, 3.8) is 0 Å². The predicted octanol–water partition coefficient (Wildman–Crippen LogP) is 2.95. The monoisotopic (exact) mass is 420 g/mol. The van der Waals surface area contributed by atoms with Crippen LogP contribution in [0.4, 0.5) is 0 Å². The summed E-state index contributed by atoms with van der Waals surface area (Å²) < 4.78 is 26.8. The fourth-order valence-corrected chi connectivity index (χ4v) is 5.02. The van der Waals surface area contributed by atoms with Crippen LogP contribution in [0.25, 0.3) is 0 Å². The van der Waals surface area contributed by atoms with Crippen molar-refractivity contribution < 1.29 is 18.0 Å². The van der Waals surface area contributed by atoms with Crippen LogP contribution in [-0.4, -0.2) is 30.6 Å². The number of aryl methyl sites for hydroxylation is 2. The largest absolute Gasteiger partial charge is 0.350 e. The number of sulfonamides is 1. The van der Waals surface area contributed by atoms with E-state index in [-0.39, 0.29) is 24.3 Å². The second-order valence-electron chi connectivity index (χ2n) is 6.80. The van der Waals surface area contributed by atoms with Crippen molar-refractivity contribution >= 4 is 33.4 Å². The van der Waals surface area contributed by atoms with Crippen LogP contribution in [0.3, 0.4) is 0 Å². The molecule has 1 heterocycles. The molecule has 1 aliphatic rings. The standard InChI is InChI=1S/C20H21ClN2O4S/c1-13-7-8-16(11-14(13)2)28(26,27)23-18(9-10-19(23)24)20(25)22-12-15-5-3-4-6-17(15)21/h3-8,11,18H,9-10,12H2,1-2H3,(H,22,25)/t18-/m0/s1. The zero-order valence-corrected chi connectivity index (χ0v) is 17.2. The third-order valence-corrected chi connectivity index (χ3v) is 7.10. The summed E-state index contributed by atoms with van der Waals surface area (Å²) in [5.41, 5.74) is 2.46. The molecule has 8 heteroatoms. The molecule has 2 amide bonds. The van der Waals surface area contributed by atoms with E-state index in [9.17, 15) is 18.0 Å². The average Bonchev–Trinajstić information content (AvgIpc) is 3.05. The third-order valence-electron chi connectivity index (χ3n) is 4.91. The molecule has 0 saturated carbocycles. The Labute approximate surface area is 169 Å². The van der Waals surface area contributed by atoms with Crippen molar-refractivity contribution in [1.29, 1.82) is 0 Å². The molecule has 0 unspecified atom stereocenters. The fraction of sp³-hybridized carbons (Fsp3) is 0.300. The molecule has 1 N–H and O–H groups in total. The Hall–Kier alpha value is -2.38. The number of nitrogens with one attached hydrogen (secondary N) is 1. The topological polar surface area (TPSA) is 83.6 Å². The first-order chi connectivity index (χ1) is 13.2. The highest BCUT2D eigenvalue weighted by molar-refractivity contribution is 7.89. The van der Waals surface area contributed by atoms with Gasteiger partial charge in [-0.15, -0.1) is 0 Å². The Kier molecular flexibility index (Phi) is 5.76. The number of carbonyl (C=O) groups excluding carboxylic acids is 2. The van der Waals surface area contributed by atoms with Crippen LogP contribution in [-0.2, 0) is 26.2 Å². The maximum Gasteiger partial charge on any atom is 0.267 e. The molecule has 0 radical (unpaired) electrons. The smallest absolute Gasteiger partial charge is 0.267 e. The first kappa shape index (κ1) is 20.4. The minimum Gasteiger partial charge on any atom is -0.350 e. The van der Waals surface area contributed by atoms with E-state index < -0.39 is 27.9 Å². The lowest BCUT2D eigenvalue weighted by Gasteiger charge is -2.24. The van der Waals surface area contributed by atoms with Crippen LogP contribution in [0.5, 0.6) is 0 Å². The summed E-state index contributed by atoms with van der Waals surface area (Å²) in [5, 5.41) is 3.20. The van der Waals surface area contributed by atoms with E-state index in [1.165, 1.54) is 12.1 Å². The van der Waals surface area contributed by atoms with E-state index in [2.05, 4.69) is 5.32 Å². The molecule has 1 fully saturated rings. The van der Waals surface area contributed by atoms with E-state index >= 15 is 0 Å². The molecule has 2 aromatic carbocycles. The summed E-state index contributed by atoms with van der Waals surface area (Å²) in [6.07, 6.45) is 0.158. The highest BCUT2D eigenvalue weighted by atomic mass is 35.5. The SMILES string of the molecule is Cc1ccc(S(=O)(=O)N2C(=O)CC[C@H]2C(=O)NCc2ccccc2Cl)cc1C. The zero-order valence-electron chi connectivity index (χ0n) is 15.6. The summed E-state index contributed by atoms with van der Waals surface area (Å²) in [6, 6.07) is 10.7. The molecule has 0 aromatic heterocycles. The quantitative estimate of drug-likeness (QED) is 0.806. The van der Waals surface area contributed by atoms with Gasteiger partial charge in [0.05, 0.1) is 4.90 Å². The van der Waals surface area contributed by atoms with Gasteiger partial charge < -0.3 is 5.32 Å². The van der Waals surface area contributed by atoms with Gasteiger partial charge in [0.1, 0.15) is 6.04 Å². The molecule has 0 bridgehead atoms. The van der Waals surface area contributed by atoms with E-state index in [0.29, 0.717) is 10.6 Å². The average molecular weight is 421 g/mol. The predicted molar refractivity (Wildman–Crippen MR) is 106 cm³/mol. The highest BCUT2D eigenvalue weighted by Gasteiger charge is 2.44. The zero-order chi connectivity index (χ0) is 20.5. The number of amides is 2. The Morgan fingerprint density at radius 1 is 1.18 bits per heavy atom. The van der Waals surface area contributed by atoms with Gasteiger partial charge in [0, 0.05) is 18.0 Å². The Morgan fingerprint density at radius 2 is 1.89 bits per heavy atom. The summed E-state index contributed by atoms with van der Waals surface area (Å²) in [4.78, 5) is 25.0. The number of carbonyl (C=O) groups is 2. The summed E-state index contributed by atoms with van der Waals surface area (Å²) >= 11 is 6.09. The van der Waals surface area contributed by atoms with Crippen LogP contribution >= 0.6 is 11.6 Å². The van der Waals surface area contributed by atoms with Crippen molar-refractivity contribution in [3.8, 4) is 0 Å². The minimum atomic E-state index is -4.12. The number of rotatable bonds is 5. The normalized spacial score (nSPS) is 17.0.